The highest BCUT2D eigenvalue weighted by Gasteiger charge is 2.20. The summed E-state index contributed by atoms with van der Waals surface area (Å²) in [5.41, 5.74) is -0.00390. The minimum Gasteiger partial charge on any atom is -0.258 e. The third-order valence-electron chi connectivity index (χ3n) is 1.84. The number of hydrogen-bond acceptors (Lipinski definition) is 4. The molecule has 7 heteroatoms. The van der Waals surface area contributed by atoms with E-state index in [4.69, 9.17) is 11.6 Å². The molecule has 0 unspecified atom stereocenters. The summed E-state index contributed by atoms with van der Waals surface area (Å²) >= 11 is 5.61. The molecular formula is C8H8ClNO4S. The zero-order valence-electron chi connectivity index (χ0n) is 8.02. The van der Waals surface area contributed by atoms with Crippen LogP contribution in [0.15, 0.2) is 17.0 Å². The number of benzene rings is 1. The normalized spacial score (nSPS) is 11.4. The predicted octanol–water partition coefficient (Wildman–Crippen LogP) is 1.96. The Kier molecular flexibility index (Phi) is 3.01. The van der Waals surface area contributed by atoms with Crippen LogP contribution < -0.4 is 0 Å². The number of sulfone groups is 1. The van der Waals surface area contributed by atoms with Crippen molar-refractivity contribution in [1.82, 2.24) is 0 Å². The molecule has 0 spiro atoms. The largest absolute Gasteiger partial charge is 0.289 e. The zero-order chi connectivity index (χ0) is 11.8. The Bertz CT molecular complexity index is 524. The van der Waals surface area contributed by atoms with E-state index >= 15 is 0 Å². The van der Waals surface area contributed by atoms with Gasteiger partial charge in [0, 0.05) is 12.3 Å². The molecule has 0 fully saturated rings. The number of halogens is 1. The van der Waals surface area contributed by atoms with Crippen molar-refractivity contribution in [3.05, 3.63) is 32.8 Å². The van der Waals surface area contributed by atoms with Gasteiger partial charge in [-0.15, -0.1) is 0 Å². The average Bonchev–Trinajstić information content (AvgIpc) is 2.00. The number of hydrogen-bond donors (Lipinski definition) is 0. The van der Waals surface area contributed by atoms with E-state index in [0.29, 0.717) is 5.56 Å². The molecule has 0 saturated carbocycles. The fraction of sp³-hybridized carbons (Fsp3) is 0.250. The Labute approximate surface area is 91.7 Å². The first-order chi connectivity index (χ1) is 6.73. The van der Waals surface area contributed by atoms with Gasteiger partial charge in [-0.05, 0) is 18.6 Å². The monoisotopic (exact) mass is 249 g/mol. The Morgan fingerprint density at radius 2 is 1.93 bits per heavy atom. The molecule has 0 aliphatic heterocycles. The van der Waals surface area contributed by atoms with Crippen molar-refractivity contribution in [3.8, 4) is 0 Å². The summed E-state index contributed by atoms with van der Waals surface area (Å²) in [6.45, 7) is 1.53. The zero-order valence-corrected chi connectivity index (χ0v) is 9.59. The maximum absolute atomic E-state index is 11.3. The quantitative estimate of drug-likeness (QED) is 0.593. The van der Waals surface area contributed by atoms with Crippen LogP contribution in [-0.4, -0.2) is 19.6 Å². The second kappa shape index (κ2) is 3.79. The fourth-order valence-electron chi connectivity index (χ4n) is 1.18. The van der Waals surface area contributed by atoms with Crippen LogP contribution in [0.5, 0.6) is 0 Å². The molecule has 1 aromatic rings. The molecule has 0 aliphatic rings. The summed E-state index contributed by atoms with van der Waals surface area (Å²) in [6.07, 6.45) is 0.993. The maximum atomic E-state index is 11.3. The minimum atomic E-state index is -3.47. The number of nitrogens with zero attached hydrogens (tertiary/aromatic N) is 1. The lowest BCUT2D eigenvalue weighted by molar-refractivity contribution is -0.384. The van der Waals surface area contributed by atoms with Gasteiger partial charge in [0.25, 0.3) is 5.69 Å². The molecule has 82 valence electrons. The van der Waals surface area contributed by atoms with Gasteiger partial charge in [-0.3, -0.25) is 10.1 Å². The standard InChI is InChI=1S/C8H8ClNO4S/c1-5-3-6(9)7(10(11)12)4-8(5)15(2,13)14/h3-4H,1-2H3. The Hall–Kier alpha value is -1.14. The van der Waals surface area contributed by atoms with E-state index in [1.807, 2.05) is 0 Å². The summed E-state index contributed by atoms with van der Waals surface area (Å²) in [5.74, 6) is 0. The minimum absolute atomic E-state index is 0.0649. The molecule has 5 nitrogen and oxygen atoms in total. The summed E-state index contributed by atoms with van der Waals surface area (Å²) in [6, 6.07) is 2.25. The van der Waals surface area contributed by atoms with Gasteiger partial charge in [-0.2, -0.15) is 0 Å². The third-order valence-corrected chi connectivity index (χ3v) is 3.38. The predicted molar refractivity (Wildman–Crippen MR) is 56.0 cm³/mol. The molecular weight excluding hydrogens is 242 g/mol. The molecule has 0 radical (unpaired) electrons. The Morgan fingerprint density at radius 1 is 1.40 bits per heavy atom. The van der Waals surface area contributed by atoms with Gasteiger partial charge >= 0.3 is 0 Å². The molecule has 0 atom stereocenters. The summed E-state index contributed by atoms with van der Waals surface area (Å²) < 4.78 is 22.5. The Balaban J connectivity index is 3.58. The van der Waals surface area contributed by atoms with E-state index in [2.05, 4.69) is 0 Å². The highest BCUT2D eigenvalue weighted by Crippen LogP contribution is 2.29. The maximum Gasteiger partial charge on any atom is 0.289 e. The van der Waals surface area contributed by atoms with E-state index in [-0.39, 0.29) is 9.92 Å². The van der Waals surface area contributed by atoms with E-state index in [9.17, 15) is 18.5 Å². The second-order valence-corrected chi connectivity index (χ2v) is 5.49. The molecule has 0 amide bonds. The van der Waals surface area contributed by atoms with Crippen LogP contribution in [0.4, 0.5) is 5.69 Å². The number of rotatable bonds is 2. The van der Waals surface area contributed by atoms with Gasteiger partial charge in [-0.1, -0.05) is 11.6 Å². The van der Waals surface area contributed by atoms with Crippen molar-refractivity contribution < 1.29 is 13.3 Å². The smallest absolute Gasteiger partial charge is 0.258 e. The molecule has 0 saturated heterocycles. The van der Waals surface area contributed by atoms with E-state index in [0.717, 1.165) is 12.3 Å². The molecule has 0 heterocycles. The fourth-order valence-corrected chi connectivity index (χ4v) is 2.44. The first kappa shape index (κ1) is 11.9. The van der Waals surface area contributed by atoms with Gasteiger partial charge < -0.3 is 0 Å². The first-order valence-electron chi connectivity index (χ1n) is 3.88. The van der Waals surface area contributed by atoms with Crippen molar-refractivity contribution in [2.45, 2.75) is 11.8 Å². The van der Waals surface area contributed by atoms with Gasteiger partial charge in [0.05, 0.1) is 9.82 Å². The van der Waals surface area contributed by atoms with Crippen molar-refractivity contribution in [2.24, 2.45) is 0 Å². The topological polar surface area (TPSA) is 77.3 Å². The lowest BCUT2D eigenvalue weighted by Crippen LogP contribution is -2.02. The van der Waals surface area contributed by atoms with Gasteiger partial charge in [0.1, 0.15) is 5.02 Å². The van der Waals surface area contributed by atoms with Crippen LogP contribution in [0, 0.1) is 17.0 Å². The molecule has 1 rings (SSSR count). The third kappa shape index (κ3) is 2.45. The molecule has 0 aliphatic carbocycles. The number of nitro benzene ring substituents is 1. The van der Waals surface area contributed by atoms with Crippen molar-refractivity contribution in [3.63, 3.8) is 0 Å². The number of nitro groups is 1. The molecule has 0 N–H and O–H groups in total. The second-order valence-electron chi connectivity index (χ2n) is 3.10. The van der Waals surface area contributed by atoms with Crippen LogP contribution in [0.3, 0.4) is 0 Å². The highest BCUT2D eigenvalue weighted by molar-refractivity contribution is 7.90. The molecule has 0 bridgehead atoms. The van der Waals surface area contributed by atoms with Crippen LogP contribution in [0.25, 0.3) is 0 Å². The molecule has 15 heavy (non-hydrogen) atoms. The average molecular weight is 250 g/mol. The van der Waals surface area contributed by atoms with Gasteiger partial charge in [-0.25, -0.2) is 8.42 Å². The van der Waals surface area contributed by atoms with E-state index in [1.165, 1.54) is 13.0 Å². The summed E-state index contributed by atoms with van der Waals surface area (Å²) in [4.78, 5) is 9.76. The summed E-state index contributed by atoms with van der Waals surface area (Å²) in [5, 5.41) is 10.5. The van der Waals surface area contributed by atoms with Gasteiger partial charge in [0.15, 0.2) is 9.84 Å². The number of aryl methyl sites for hydroxylation is 1. The Morgan fingerprint density at radius 3 is 2.33 bits per heavy atom. The van der Waals surface area contributed by atoms with Crippen LogP contribution >= 0.6 is 11.6 Å². The SMILES string of the molecule is Cc1cc(Cl)c([N+](=O)[O-])cc1S(C)(=O)=O. The molecule has 1 aromatic carbocycles. The van der Waals surface area contributed by atoms with Gasteiger partial charge in [0.2, 0.25) is 0 Å². The van der Waals surface area contributed by atoms with Crippen LogP contribution in [0.1, 0.15) is 5.56 Å². The van der Waals surface area contributed by atoms with Crippen LogP contribution in [0.2, 0.25) is 5.02 Å². The van der Waals surface area contributed by atoms with E-state index < -0.39 is 20.4 Å². The first-order valence-corrected chi connectivity index (χ1v) is 6.15. The van der Waals surface area contributed by atoms with Crippen LogP contribution in [-0.2, 0) is 9.84 Å². The highest BCUT2D eigenvalue weighted by atomic mass is 35.5. The van der Waals surface area contributed by atoms with E-state index in [1.54, 1.807) is 0 Å². The van der Waals surface area contributed by atoms with Crippen molar-refractivity contribution >= 4 is 27.1 Å². The lowest BCUT2D eigenvalue weighted by atomic mass is 10.2. The van der Waals surface area contributed by atoms with Crippen molar-refractivity contribution in [1.29, 1.82) is 0 Å². The lowest BCUT2D eigenvalue weighted by Gasteiger charge is -2.04. The summed E-state index contributed by atoms with van der Waals surface area (Å²) in [7, 11) is -3.47. The molecule has 0 aromatic heterocycles. The van der Waals surface area contributed by atoms with Crippen molar-refractivity contribution in [2.75, 3.05) is 6.26 Å².